The Kier molecular flexibility index (Phi) is 5.41. The zero-order valence-electron chi connectivity index (χ0n) is 17.4. The lowest BCUT2D eigenvalue weighted by Crippen LogP contribution is -2.40. The lowest BCUT2D eigenvalue weighted by Gasteiger charge is -2.11. The number of aromatic nitrogens is 4. The van der Waals surface area contributed by atoms with Gasteiger partial charge in [-0.15, -0.1) is 0 Å². The number of hydrogen-bond donors (Lipinski definition) is 0. The summed E-state index contributed by atoms with van der Waals surface area (Å²) < 4.78 is 9.90. The minimum atomic E-state index is -0.448. The van der Waals surface area contributed by atoms with Crippen molar-refractivity contribution in [2.24, 2.45) is 14.1 Å². The minimum Gasteiger partial charge on any atom is -0.425 e. The molecule has 0 radical (unpaired) electrons. The normalized spacial score (nSPS) is 11.3. The van der Waals surface area contributed by atoms with Crippen LogP contribution in [0, 0.1) is 13.8 Å². The molecule has 2 heterocycles. The Bertz CT molecular complexity index is 1450. The Labute approximate surface area is 188 Å². The van der Waals surface area contributed by atoms with Crippen LogP contribution in [-0.4, -0.2) is 18.7 Å². The third kappa shape index (κ3) is 3.75. The molecule has 0 unspecified atom stereocenters. The Morgan fingerprint density at radius 3 is 2.39 bits per heavy atom. The van der Waals surface area contributed by atoms with Gasteiger partial charge in [0.05, 0.1) is 16.6 Å². The predicted molar refractivity (Wildman–Crippen MR) is 122 cm³/mol. The first-order valence-electron chi connectivity index (χ1n) is 9.52. The van der Waals surface area contributed by atoms with Crippen molar-refractivity contribution in [3.05, 3.63) is 84.0 Å². The quantitative estimate of drug-likeness (QED) is 0.459. The standard InChI is InChI=1S/C22H20Cl2N4O3/c1-12-5-6-14(13(2)9-12)11-28-20(29)18-19(27(4)22(28)30)25-21(26(18)3)31-15-7-8-16(23)17(24)10-15/h5-10H,11H2,1-4H3. The van der Waals surface area contributed by atoms with Crippen molar-refractivity contribution in [3.63, 3.8) is 0 Å². The molecule has 0 saturated carbocycles. The van der Waals surface area contributed by atoms with Crippen LogP contribution in [0.15, 0.2) is 46.0 Å². The van der Waals surface area contributed by atoms with Gasteiger partial charge < -0.3 is 4.74 Å². The van der Waals surface area contributed by atoms with Gasteiger partial charge in [-0.3, -0.25) is 18.5 Å². The van der Waals surface area contributed by atoms with Crippen molar-refractivity contribution in [2.75, 3.05) is 0 Å². The molecule has 0 amide bonds. The lowest BCUT2D eigenvalue weighted by atomic mass is 10.1. The third-order valence-corrected chi connectivity index (χ3v) is 5.98. The van der Waals surface area contributed by atoms with Crippen molar-refractivity contribution in [3.8, 4) is 11.8 Å². The molecule has 7 nitrogen and oxygen atoms in total. The third-order valence-electron chi connectivity index (χ3n) is 5.25. The van der Waals surface area contributed by atoms with Crippen molar-refractivity contribution < 1.29 is 4.74 Å². The molecule has 0 aliphatic rings. The highest BCUT2D eigenvalue weighted by atomic mass is 35.5. The topological polar surface area (TPSA) is 71.1 Å². The summed E-state index contributed by atoms with van der Waals surface area (Å²) in [6, 6.07) is 10.9. The second-order valence-corrected chi connectivity index (χ2v) is 8.28. The van der Waals surface area contributed by atoms with E-state index in [9.17, 15) is 9.59 Å². The number of ether oxygens (including phenoxy) is 1. The van der Waals surface area contributed by atoms with Crippen LogP contribution in [0.1, 0.15) is 16.7 Å². The molecule has 160 valence electrons. The fourth-order valence-corrected chi connectivity index (χ4v) is 3.78. The molecular weight excluding hydrogens is 439 g/mol. The van der Waals surface area contributed by atoms with Crippen LogP contribution in [0.3, 0.4) is 0 Å². The smallest absolute Gasteiger partial charge is 0.332 e. The maximum atomic E-state index is 13.3. The van der Waals surface area contributed by atoms with Crippen LogP contribution in [0.2, 0.25) is 10.0 Å². The molecule has 0 aliphatic heterocycles. The van der Waals surface area contributed by atoms with Gasteiger partial charge in [0.15, 0.2) is 11.2 Å². The van der Waals surface area contributed by atoms with Gasteiger partial charge in [0, 0.05) is 20.2 Å². The number of aryl methyl sites for hydroxylation is 4. The molecule has 0 bridgehead atoms. The van der Waals surface area contributed by atoms with Crippen LogP contribution < -0.4 is 16.0 Å². The molecule has 4 rings (SSSR count). The first-order chi connectivity index (χ1) is 14.7. The zero-order chi connectivity index (χ0) is 22.4. The first-order valence-corrected chi connectivity index (χ1v) is 10.3. The highest BCUT2D eigenvalue weighted by Gasteiger charge is 2.20. The fraction of sp³-hybridized carbons (Fsp3) is 0.227. The Balaban J connectivity index is 1.84. The molecule has 9 heteroatoms. The Morgan fingerprint density at radius 1 is 0.968 bits per heavy atom. The largest absolute Gasteiger partial charge is 0.425 e. The number of hydrogen-bond acceptors (Lipinski definition) is 4. The average Bonchev–Trinajstić information content (AvgIpc) is 3.04. The van der Waals surface area contributed by atoms with E-state index in [1.54, 1.807) is 32.3 Å². The summed E-state index contributed by atoms with van der Waals surface area (Å²) in [6.45, 7) is 4.13. The Morgan fingerprint density at radius 2 is 1.71 bits per heavy atom. The molecule has 0 saturated heterocycles. The van der Waals surface area contributed by atoms with E-state index in [-0.39, 0.29) is 23.7 Å². The van der Waals surface area contributed by atoms with E-state index in [2.05, 4.69) is 4.98 Å². The van der Waals surface area contributed by atoms with Gasteiger partial charge in [0.1, 0.15) is 5.75 Å². The number of rotatable bonds is 4. The molecule has 0 fully saturated rings. The van der Waals surface area contributed by atoms with E-state index in [1.807, 2.05) is 32.0 Å². The molecule has 2 aromatic heterocycles. The maximum Gasteiger partial charge on any atom is 0.332 e. The summed E-state index contributed by atoms with van der Waals surface area (Å²) in [5.74, 6) is 0.411. The van der Waals surface area contributed by atoms with E-state index in [0.717, 1.165) is 16.7 Å². The molecular formula is C22H20Cl2N4O3. The van der Waals surface area contributed by atoms with Crippen LogP contribution in [0.5, 0.6) is 11.8 Å². The number of benzene rings is 2. The number of imidazole rings is 1. The summed E-state index contributed by atoms with van der Waals surface area (Å²) >= 11 is 12.0. The fourth-order valence-electron chi connectivity index (χ4n) is 3.49. The lowest BCUT2D eigenvalue weighted by molar-refractivity contribution is 0.427. The van der Waals surface area contributed by atoms with E-state index >= 15 is 0 Å². The van der Waals surface area contributed by atoms with Gasteiger partial charge in [-0.25, -0.2) is 4.79 Å². The van der Waals surface area contributed by atoms with Crippen LogP contribution >= 0.6 is 23.2 Å². The monoisotopic (exact) mass is 458 g/mol. The first kappa shape index (κ1) is 21.2. The van der Waals surface area contributed by atoms with E-state index in [4.69, 9.17) is 27.9 Å². The van der Waals surface area contributed by atoms with Crippen LogP contribution in [0.4, 0.5) is 0 Å². The Hall–Kier alpha value is -3.03. The zero-order valence-corrected chi connectivity index (χ0v) is 19.0. The number of nitrogens with zero attached hydrogens (tertiary/aromatic N) is 4. The number of fused-ring (bicyclic) bond motifs is 1. The highest BCUT2D eigenvalue weighted by Crippen LogP contribution is 2.29. The second kappa shape index (κ2) is 7.90. The van der Waals surface area contributed by atoms with Crippen LogP contribution in [0.25, 0.3) is 11.2 Å². The molecule has 0 atom stereocenters. The number of halogens is 2. The molecule has 2 aromatic carbocycles. The van der Waals surface area contributed by atoms with E-state index in [1.165, 1.54) is 13.7 Å². The molecule has 4 aromatic rings. The predicted octanol–water partition coefficient (Wildman–Crippen LogP) is 4.20. The molecule has 0 N–H and O–H groups in total. The van der Waals surface area contributed by atoms with Crippen LogP contribution in [-0.2, 0) is 20.6 Å². The van der Waals surface area contributed by atoms with Gasteiger partial charge in [-0.05, 0) is 37.1 Å². The van der Waals surface area contributed by atoms with E-state index in [0.29, 0.717) is 15.8 Å². The summed E-state index contributed by atoms with van der Waals surface area (Å²) in [4.78, 5) is 30.6. The van der Waals surface area contributed by atoms with Crippen molar-refractivity contribution in [1.29, 1.82) is 0 Å². The average molecular weight is 459 g/mol. The van der Waals surface area contributed by atoms with Gasteiger partial charge in [-0.1, -0.05) is 47.0 Å². The summed E-state index contributed by atoms with van der Waals surface area (Å²) in [5, 5.41) is 0.733. The molecule has 0 aliphatic carbocycles. The second-order valence-electron chi connectivity index (χ2n) is 7.47. The van der Waals surface area contributed by atoms with E-state index < -0.39 is 11.2 Å². The SMILES string of the molecule is Cc1ccc(Cn2c(=O)c3c(nc(Oc4ccc(Cl)c(Cl)c4)n3C)n(C)c2=O)c(C)c1. The van der Waals surface area contributed by atoms with Crippen molar-refractivity contribution in [2.45, 2.75) is 20.4 Å². The van der Waals surface area contributed by atoms with Gasteiger partial charge >= 0.3 is 11.7 Å². The van der Waals surface area contributed by atoms with Gasteiger partial charge in [0.2, 0.25) is 0 Å². The van der Waals surface area contributed by atoms with Crippen molar-refractivity contribution in [1.82, 2.24) is 18.7 Å². The van der Waals surface area contributed by atoms with Gasteiger partial charge in [-0.2, -0.15) is 4.98 Å². The summed E-state index contributed by atoms with van der Waals surface area (Å²) in [5.41, 5.74) is 2.66. The maximum absolute atomic E-state index is 13.3. The summed E-state index contributed by atoms with van der Waals surface area (Å²) in [6.07, 6.45) is 0. The van der Waals surface area contributed by atoms with Gasteiger partial charge in [0.25, 0.3) is 5.56 Å². The molecule has 31 heavy (non-hydrogen) atoms. The minimum absolute atomic E-state index is 0.157. The van der Waals surface area contributed by atoms with Crippen molar-refractivity contribution >= 4 is 34.4 Å². The summed E-state index contributed by atoms with van der Waals surface area (Å²) in [7, 11) is 3.24. The highest BCUT2D eigenvalue weighted by molar-refractivity contribution is 6.42. The molecule has 0 spiro atoms.